The zero-order valence-electron chi connectivity index (χ0n) is 11.3. The molecule has 2 aliphatic rings. The molecule has 0 aromatic carbocycles. The molecule has 2 fully saturated rings. The number of hydrogen-bond acceptors (Lipinski definition) is 3. The van der Waals surface area contributed by atoms with Gasteiger partial charge in [0.15, 0.2) is 0 Å². The Kier molecular flexibility index (Phi) is 5.01. The highest BCUT2D eigenvalue weighted by Crippen LogP contribution is 2.23. The Morgan fingerprint density at radius 3 is 2.67 bits per heavy atom. The van der Waals surface area contributed by atoms with Gasteiger partial charge in [-0.25, -0.2) is 0 Å². The van der Waals surface area contributed by atoms with Crippen LogP contribution in [0.25, 0.3) is 0 Å². The van der Waals surface area contributed by atoms with Gasteiger partial charge in [-0.05, 0) is 56.9 Å². The highest BCUT2D eigenvalue weighted by atomic mass is 16.3. The van der Waals surface area contributed by atoms with E-state index >= 15 is 0 Å². The minimum atomic E-state index is -0.114. The molecule has 1 saturated carbocycles. The standard InChI is InChI=1S/C14H26N2O2/c1-10-3-2-8-15-13(10)14(18)16-9-11-4-6-12(17)7-5-11/h10-13,15,17H,2-9H2,1H3,(H,16,18). The lowest BCUT2D eigenvalue weighted by Gasteiger charge is -2.30. The molecule has 0 radical (unpaired) electrons. The van der Waals surface area contributed by atoms with E-state index in [1.807, 2.05) is 0 Å². The van der Waals surface area contributed by atoms with Crippen molar-refractivity contribution in [2.24, 2.45) is 11.8 Å². The maximum atomic E-state index is 12.1. The Balaban J connectivity index is 1.71. The fourth-order valence-corrected chi connectivity index (χ4v) is 3.10. The zero-order valence-corrected chi connectivity index (χ0v) is 11.3. The average molecular weight is 254 g/mol. The topological polar surface area (TPSA) is 61.4 Å². The van der Waals surface area contributed by atoms with Crippen molar-refractivity contribution in [1.29, 1.82) is 0 Å². The molecule has 104 valence electrons. The molecule has 0 aromatic rings. The molecule has 18 heavy (non-hydrogen) atoms. The van der Waals surface area contributed by atoms with Gasteiger partial charge in [-0.15, -0.1) is 0 Å². The predicted molar refractivity (Wildman–Crippen MR) is 71.2 cm³/mol. The minimum Gasteiger partial charge on any atom is -0.393 e. The molecular weight excluding hydrogens is 228 g/mol. The second-order valence-corrected chi connectivity index (χ2v) is 5.97. The summed E-state index contributed by atoms with van der Waals surface area (Å²) in [6.07, 6.45) is 6.05. The van der Waals surface area contributed by atoms with Gasteiger partial charge in [-0.2, -0.15) is 0 Å². The molecule has 0 bridgehead atoms. The second-order valence-electron chi connectivity index (χ2n) is 5.97. The van der Waals surface area contributed by atoms with Crippen LogP contribution < -0.4 is 10.6 Å². The van der Waals surface area contributed by atoms with Gasteiger partial charge in [0, 0.05) is 6.54 Å². The lowest BCUT2D eigenvalue weighted by Crippen LogP contribution is -2.51. The van der Waals surface area contributed by atoms with Crippen LogP contribution in [0, 0.1) is 11.8 Å². The summed E-state index contributed by atoms with van der Waals surface area (Å²) in [6, 6.07) is -0.00655. The molecule has 4 nitrogen and oxygen atoms in total. The van der Waals surface area contributed by atoms with Crippen molar-refractivity contribution in [2.75, 3.05) is 13.1 Å². The Morgan fingerprint density at radius 1 is 1.28 bits per heavy atom. The van der Waals surface area contributed by atoms with Gasteiger partial charge in [-0.3, -0.25) is 4.79 Å². The summed E-state index contributed by atoms with van der Waals surface area (Å²) in [6.45, 7) is 3.88. The number of nitrogens with one attached hydrogen (secondary N) is 2. The van der Waals surface area contributed by atoms with E-state index in [1.54, 1.807) is 0 Å². The lowest BCUT2D eigenvalue weighted by atomic mass is 9.87. The van der Waals surface area contributed by atoms with Gasteiger partial charge >= 0.3 is 0 Å². The second kappa shape index (κ2) is 6.53. The summed E-state index contributed by atoms with van der Waals surface area (Å²) in [7, 11) is 0. The van der Waals surface area contributed by atoms with Gasteiger partial charge in [0.2, 0.25) is 5.91 Å². The first-order valence-corrected chi connectivity index (χ1v) is 7.36. The molecule has 1 heterocycles. The Hall–Kier alpha value is -0.610. The highest BCUT2D eigenvalue weighted by molar-refractivity contribution is 5.82. The molecule has 0 aromatic heterocycles. The molecule has 2 rings (SSSR count). The van der Waals surface area contributed by atoms with Gasteiger partial charge in [0.1, 0.15) is 0 Å². The summed E-state index contributed by atoms with van der Waals surface area (Å²) in [5.41, 5.74) is 0. The Labute approximate surface area is 110 Å². The van der Waals surface area contributed by atoms with E-state index in [1.165, 1.54) is 6.42 Å². The first kappa shape index (κ1) is 13.8. The van der Waals surface area contributed by atoms with E-state index in [4.69, 9.17) is 0 Å². The van der Waals surface area contributed by atoms with E-state index in [2.05, 4.69) is 17.6 Å². The van der Waals surface area contributed by atoms with Crippen LogP contribution >= 0.6 is 0 Å². The maximum absolute atomic E-state index is 12.1. The normalized spacial score (nSPS) is 37.2. The lowest BCUT2D eigenvalue weighted by molar-refractivity contribution is -0.125. The molecule has 1 aliphatic heterocycles. The average Bonchev–Trinajstić information content (AvgIpc) is 2.38. The molecule has 4 heteroatoms. The van der Waals surface area contributed by atoms with E-state index in [0.29, 0.717) is 11.8 Å². The van der Waals surface area contributed by atoms with E-state index in [9.17, 15) is 9.90 Å². The summed E-state index contributed by atoms with van der Waals surface area (Å²) < 4.78 is 0. The monoisotopic (exact) mass is 254 g/mol. The van der Waals surface area contributed by atoms with Gasteiger partial charge in [0.05, 0.1) is 12.1 Å². The third kappa shape index (κ3) is 3.69. The summed E-state index contributed by atoms with van der Waals surface area (Å²) >= 11 is 0. The number of aliphatic hydroxyl groups is 1. The highest BCUT2D eigenvalue weighted by Gasteiger charge is 2.28. The van der Waals surface area contributed by atoms with Crippen molar-refractivity contribution in [2.45, 2.75) is 57.6 Å². The molecule has 1 amide bonds. The van der Waals surface area contributed by atoms with Gasteiger partial charge in [0.25, 0.3) is 0 Å². The molecular formula is C14H26N2O2. The largest absolute Gasteiger partial charge is 0.393 e. The zero-order chi connectivity index (χ0) is 13.0. The number of piperidine rings is 1. The van der Waals surface area contributed by atoms with Crippen LogP contribution in [0.2, 0.25) is 0 Å². The van der Waals surface area contributed by atoms with Crippen molar-refractivity contribution in [3.63, 3.8) is 0 Å². The number of hydrogen-bond donors (Lipinski definition) is 3. The SMILES string of the molecule is CC1CCCNC1C(=O)NCC1CCC(O)CC1. The first-order chi connectivity index (χ1) is 8.66. The van der Waals surface area contributed by atoms with E-state index in [-0.39, 0.29) is 18.1 Å². The summed E-state index contributed by atoms with van der Waals surface area (Å²) in [4.78, 5) is 12.1. The molecule has 3 N–H and O–H groups in total. The number of aliphatic hydroxyl groups excluding tert-OH is 1. The van der Waals surface area contributed by atoms with Crippen LogP contribution in [0.15, 0.2) is 0 Å². The van der Waals surface area contributed by atoms with Crippen LogP contribution in [0.1, 0.15) is 45.4 Å². The van der Waals surface area contributed by atoms with E-state index in [0.717, 1.165) is 45.2 Å². The van der Waals surface area contributed by atoms with Crippen LogP contribution in [-0.2, 0) is 4.79 Å². The van der Waals surface area contributed by atoms with Crippen molar-refractivity contribution in [3.8, 4) is 0 Å². The van der Waals surface area contributed by atoms with Crippen molar-refractivity contribution < 1.29 is 9.90 Å². The predicted octanol–water partition coefficient (Wildman–Crippen LogP) is 1.04. The molecule has 1 saturated heterocycles. The number of carbonyl (C=O) groups excluding carboxylic acids is 1. The maximum Gasteiger partial charge on any atom is 0.237 e. The van der Waals surface area contributed by atoms with Crippen LogP contribution in [0.5, 0.6) is 0 Å². The molecule has 1 aliphatic carbocycles. The summed E-state index contributed by atoms with van der Waals surface area (Å²) in [5.74, 6) is 1.15. The van der Waals surface area contributed by atoms with Crippen molar-refractivity contribution in [1.82, 2.24) is 10.6 Å². The number of carbonyl (C=O) groups is 1. The van der Waals surface area contributed by atoms with E-state index < -0.39 is 0 Å². The van der Waals surface area contributed by atoms with Crippen LogP contribution in [0.4, 0.5) is 0 Å². The molecule has 2 atom stereocenters. The summed E-state index contributed by atoms with van der Waals surface area (Å²) in [5, 5.41) is 15.8. The van der Waals surface area contributed by atoms with Crippen molar-refractivity contribution in [3.05, 3.63) is 0 Å². The molecule has 2 unspecified atom stereocenters. The first-order valence-electron chi connectivity index (χ1n) is 7.36. The smallest absolute Gasteiger partial charge is 0.237 e. The third-order valence-electron chi connectivity index (χ3n) is 4.43. The van der Waals surface area contributed by atoms with Gasteiger partial charge < -0.3 is 15.7 Å². The minimum absolute atomic E-state index is 0.00655. The fraction of sp³-hybridized carbons (Fsp3) is 0.929. The quantitative estimate of drug-likeness (QED) is 0.705. The Morgan fingerprint density at radius 2 is 2.00 bits per heavy atom. The van der Waals surface area contributed by atoms with Crippen LogP contribution in [0.3, 0.4) is 0 Å². The van der Waals surface area contributed by atoms with Crippen molar-refractivity contribution >= 4 is 5.91 Å². The third-order valence-corrected chi connectivity index (χ3v) is 4.43. The fourth-order valence-electron chi connectivity index (χ4n) is 3.10. The Bertz CT molecular complexity index is 275. The number of rotatable bonds is 3. The van der Waals surface area contributed by atoms with Gasteiger partial charge in [-0.1, -0.05) is 6.92 Å². The van der Waals surface area contributed by atoms with Crippen LogP contribution in [-0.4, -0.2) is 36.2 Å². The molecule has 0 spiro atoms. The number of amides is 1.